The van der Waals surface area contributed by atoms with Crippen molar-refractivity contribution in [3.63, 3.8) is 0 Å². The maximum absolute atomic E-state index is 12.9. The number of rotatable bonds is 5. The molecule has 2 aliphatic rings. The molecule has 0 bridgehead atoms. The van der Waals surface area contributed by atoms with Gasteiger partial charge in [-0.1, -0.05) is 6.42 Å². The van der Waals surface area contributed by atoms with E-state index >= 15 is 0 Å². The number of aliphatic hydroxyl groups is 1. The van der Waals surface area contributed by atoms with E-state index < -0.39 is 0 Å². The third-order valence-corrected chi connectivity index (χ3v) is 5.95. The molecule has 1 aromatic rings. The molecule has 1 N–H and O–H groups in total. The van der Waals surface area contributed by atoms with Gasteiger partial charge in [0.1, 0.15) is 5.03 Å². The molecule has 3 heterocycles. The molecule has 0 radical (unpaired) electrons. The van der Waals surface area contributed by atoms with Gasteiger partial charge in [0.05, 0.1) is 5.56 Å². The molecule has 2 atom stereocenters. The number of hydrogen-bond acceptors (Lipinski definition) is 5. The highest BCUT2D eigenvalue weighted by atomic mass is 32.2. The van der Waals surface area contributed by atoms with E-state index in [1.54, 1.807) is 6.20 Å². The largest absolute Gasteiger partial charge is 0.396 e. The van der Waals surface area contributed by atoms with Gasteiger partial charge in [0.2, 0.25) is 0 Å². The van der Waals surface area contributed by atoms with Crippen molar-refractivity contribution in [3.8, 4) is 0 Å². The van der Waals surface area contributed by atoms with Crippen molar-refractivity contribution in [2.45, 2.75) is 24.3 Å². The van der Waals surface area contributed by atoms with Gasteiger partial charge >= 0.3 is 0 Å². The van der Waals surface area contributed by atoms with Crippen LogP contribution < -0.4 is 0 Å². The number of pyridine rings is 1. The van der Waals surface area contributed by atoms with Crippen LogP contribution in [0.5, 0.6) is 0 Å². The molecule has 5 nitrogen and oxygen atoms in total. The third-order valence-electron chi connectivity index (χ3n) is 5.23. The van der Waals surface area contributed by atoms with Crippen LogP contribution in [0.2, 0.25) is 0 Å². The predicted molar refractivity (Wildman–Crippen MR) is 96.3 cm³/mol. The Bertz CT molecular complexity index is 563. The van der Waals surface area contributed by atoms with Gasteiger partial charge in [0, 0.05) is 38.4 Å². The lowest BCUT2D eigenvalue weighted by atomic mass is 9.95. The number of thioether (sulfide) groups is 1. The van der Waals surface area contributed by atoms with Gasteiger partial charge in [-0.3, -0.25) is 4.79 Å². The van der Waals surface area contributed by atoms with Crippen LogP contribution in [-0.2, 0) is 0 Å². The number of amides is 1. The summed E-state index contributed by atoms with van der Waals surface area (Å²) in [6.45, 7) is 4.85. The highest BCUT2D eigenvalue weighted by Gasteiger charge is 2.36. The van der Waals surface area contributed by atoms with Crippen LogP contribution in [0.1, 0.15) is 29.6 Å². The van der Waals surface area contributed by atoms with E-state index in [0.29, 0.717) is 18.0 Å². The highest BCUT2D eigenvalue weighted by Crippen LogP contribution is 2.28. The topological polar surface area (TPSA) is 56.7 Å². The first-order valence-corrected chi connectivity index (χ1v) is 10.1. The lowest BCUT2D eigenvalue weighted by Gasteiger charge is -2.30. The number of carbonyl (C=O) groups excluding carboxylic acids is 1. The van der Waals surface area contributed by atoms with Crippen molar-refractivity contribution in [3.05, 3.63) is 23.9 Å². The van der Waals surface area contributed by atoms with E-state index in [1.807, 2.05) is 23.3 Å². The molecule has 6 heteroatoms. The van der Waals surface area contributed by atoms with Crippen molar-refractivity contribution in [2.24, 2.45) is 11.8 Å². The van der Waals surface area contributed by atoms with E-state index in [9.17, 15) is 9.90 Å². The van der Waals surface area contributed by atoms with Crippen molar-refractivity contribution < 1.29 is 9.90 Å². The Morgan fingerprint density at radius 3 is 2.75 bits per heavy atom. The summed E-state index contributed by atoms with van der Waals surface area (Å²) in [5.41, 5.74) is 0.681. The molecule has 24 heavy (non-hydrogen) atoms. The zero-order valence-electron chi connectivity index (χ0n) is 14.4. The maximum Gasteiger partial charge on any atom is 0.256 e. The van der Waals surface area contributed by atoms with Crippen molar-refractivity contribution >= 4 is 17.7 Å². The highest BCUT2D eigenvalue weighted by molar-refractivity contribution is 7.98. The van der Waals surface area contributed by atoms with Gasteiger partial charge in [-0.2, -0.15) is 0 Å². The smallest absolute Gasteiger partial charge is 0.256 e. The molecule has 1 aromatic heterocycles. The summed E-state index contributed by atoms with van der Waals surface area (Å²) in [4.78, 5) is 21.6. The molecule has 0 aromatic carbocycles. The average Bonchev–Trinajstić information content (AvgIpc) is 3.04. The SMILES string of the molecule is CSc1ncccc1C(=O)N1C[C@@H](CN2CCCCC2)[C@@H](CO)C1. The zero-order chi connectivity index (χ0) is 16.9. The van der Waals surface area contributed by atoms with Crippen LogP contribution in [0.25, 0.3) is 0 Å². The molecule has 0 spiro atoms. The lowest BCUT2D eigenvalue weighted by molar-refractivity contribution is 0.0774. The van der Waals surface area contributed by atoms with Crippen LogP contribution in [0.15, 0.2) is 23.4 Å². The molecule has 2 fully saturated rings. The van der Waals surface area contributed by atoms with Crippen molar-refractivity contribution in [2.75, 3.05) is 45.6 Å². The Kier molecular flexibility index (Phi) is 6.14. The molecule has 2 aliphatic heterocycles. The molecular formula is C18H27N3O2S. The second-order valence-corrected chi connectivity index (χ2v) is 7.63. The van der Waals surface area contributed by atoms with Crippen LogP contribution in [-0.4, -0.2) is 71.4 Å². The minimum absolute atomic E-state index is 0.0482. The van der Waals surface area contributed by atoms with Crippen molar-refractivity contribution in [1.29, 1.82) is 0 Å². The van der Waals surface area contributed by atoms with Crippen molar-refractivity contribution in [1.82, 2.24) is 14.8 Å². The molecule has 132 valence electrons. The molecule has 0 saturated carbocycles. The Morgan fingerprint density at radius 2 is 2.04 bits per heavy atom. The fraction of sp³-hybridized carbons (Fsp3) is 0.667. The van der Waals surface area contributed by atoms with E-state index in [4.69, 9.17) is 0 Å². The first-order valence-electron chi connectivity index (χ1n) is 8.84. The molecule has 2 saturated heterocycles. The number of aliphatic hydroxyl groups excluding tert-OH is 1. The summed E-state index contributed by atoms with van der Waals surface area (Å²) in [7, 11) is 0. The second-order valence-electron chi connectivity index (χ2n) is 6.83. The minimum Gasteiger partial charge on any atom is -0.396 e. The minimum atomic E-state index is 0.0482. The standard InChI is InChI=1S/C18H27N3O2S/c1-24-17-16(6-5-7-19-17)18(23)21-11-14(15(12-21)13-22)10-20-8-3-2-4-9-20/h5-7,14-15,22H,2-4,8-13H2,1H3/t14-,15-/m1/s1. The van der Waals surface area contributed by atoms with Crippen LogP contribution in [0.4, 0.5) is 0 Å². The first kappa shape index (κ1) is 17.7. The number of likely N-dealkylation sites (tertiary alicyclic amines) is 2. The summed E-state index contributed by atoms with van der Waals surface area (Å²) < 4.78 is 0. The summed E-state index contributed by atoms with van der Waals surface area (Å²) in [6.07, 6.45) is 7.53. The van der Waals surface area contributed by atoms with Gasteiger partial charge in [-0.05, 0) is 50.2 Å². The first-order chi connectivity index (χ1) is 11.7. The normalized spacial score (nSPS) is 25.2. The maximum atomic E-state index is 12.9. The molecule has 0 unspecified atom stereocenters. The number of piperidine rings is 1. The zero-order valence-corrected chi connectivity index (χ0v) is 15.2. The summed E-state index contributed by atoms with van der Waals surface area (Å²) in [6, 6.07) is 3.67. The fourth-order valence-electron chi connectivity index (χ4n) is 3.88. The number of nitrogens with zero attached hydrogens (tertiary/aromatic N) is 3. The predicted octanol–water partition coefficient (Wildman–Crippen LogP) is 1.97. The Morgan fingerprint density at radius 1 is 1.29 bits per heavy atom. The summed E-state index contributed by atoms with van der Waals surface area (Å²) in [5.74, 6) is 0.601. The van der Waals surface area contributed by atoms with Crippen LogP contribution in [0, 0.1) is 11.8 Å². The number of carbonyl (C=O) groups is 1. The monoisotopic (exact) mass is 349 g/mol. The van der Waals surface area contributed by atoms with E-state index in [2.05, 4.69) is 9.88 Å². The van der Waals surface area contributed by atoms with Gasteiger partial charge in [-0.15, -0.1) is 11.8 Å². The van der Waals surface area contributed by atoms with E-state index in [0.717, 1.165) is 31.2 Å². The Hall–Kier alpha value is -1.11. The fourth-order valence-corrected chi connectivity index (χ4v) is 4.42. The second kappa shape index (κ2) is 8.32. The van der Waals surface area contributed by atoms with Crippen LogP contribution >= 0.6 is 11.8 Å². The number of aromatic nitrogens is 1. The van der Waals surface area contributed by atoms with Crippen LogP contribution in [0.3, 0.4) is 0 Å². The Balaban J connectivity index is 1.67. The molecule has 0 aliphatic carbocycles. The van der Waals surface area contributed by atoms with Gasteiger partial charge in [0.25, 0.3) is 5.91 Å². The molecule has 1 amide bonds. The quantitative estimate of drug-likeness (QED) is 0.824. The van der Waals surface area contributed by atoms with Gasteiger partial charge in [0.15, 0.2) is 0 Å². The number of hydrogen-bond donors (Lipinski definition) is 1. The molecule has 3 rings (SSSR count). The van der Waals surface area contributed by atoms with E-state index in [1.165, 1.54) is 31.0 Å². The van der Waals surface area contributed by atoms with E-state index in [-0.39, 0.29) is 18.4 Å². The third kappa shape index (κ3) is 3.92. The van der Waals surface area contributed by atoms with Gasteiger partial charge < -0.3 is 14.9 Å². The molecular weight excluding hydrogens is 322 g/mol. The Labute approximate surface area is 148 Å². The average molecular weight is 350 g/mol. The lowest BCUT2D eigenvalue weighted by Crippen LogP contribution is -2.37. The van der Waals surface area contributed by atoms with Gasteiger partial charge in [-0.25, -0.2) is 4.98 Å². The summed E-state index contributed by atoms with van der Waals surface area (Å²) in [5, 5.41) is 10.5. The summed E-state index contributed by atoms with van der Waals surface area (Å²) >= 11 is 1.50.